The Morgan fingerprint density at radius 1 is 1.18 bits per heavy atom. The highest BCUT2D eigenvalue weighted by atomic mass is 35.5. The van der Waals surface area contributed by atoms with Gasteiger partial charge in [-0.1, -0.05) is 57.2 Å². The maximum atomic E-state index is 11.9. The summed E-state index contributed by atoms with van der Waals surface area (Å²) in [7, 11) is 0. The number of thiazole rings is 1. The SMILES string of the molecule is CCCCCCCC[C@H]1[C@H](OC2CCCCO2)CC(Cl)[C@@H]1CCSc1nc(C(=O)OCC)cs1. The molecule has 0 aromatic carbocycles. The van der Waals surface area contributed by atoms with E-state index in [4.69, 9.17) is 25.8 Å². The number of hydrogen-bond donors (Lipinski definition) is 0. The van der Waals surface area contributed by atoms with E-state index in [9.17, 15) is 4.79 Å². The van der Waals surface area contributed by atoms with E-state index in [1.807, 2.05) is 6.92 Å². The number of nitrogens with zero attached hydrogens (tertiary/aromatic N) is 1. The molecule has 1 aromatic heterocycles. The molecular formula is C26H42ClNO4S2. The molecule has 1 saturated carbocycles. The van der Waals surface area contributed by atoms with Gasteiger partial charge in [-0.2, -0.15) is 0 Å². The van der Waals surface area contributed by atoms with Crippen molar-refractivity contribution in [1.82, 2.24) is 4.98 Å². The monoisotopic (exact) mass is 531 g/mol. The molecule has 1 aromatic rings. The Kier molecular flexibility index (Phi) is 13.0. The zero-order valence-electron chi connectivity index (χ0n) is 20.8. The summed E-state index contributed by atoms with van der Waals surface area (Å²) in [5.74, 6) is 1.55. The lowest BCUT2D eigenvalue weighted by atomic mass is 9.87. The van der Waals surface area contributed by atoms with E-state index in [-0.39, 0.29) is 23.7 Å². The van der Waals surface area contributed by atoms with Crippen LogP contribution in [0.4, 0.5) is 0 Å². The number of hydrogen-bond acceptors (Lipinski definition) is 7. The molecule has 0 amide bonds. The smallest absolute Gasteiger partial charge is 0.357 e. The fraction of sp³-hybridized carbons (Fsp3) is 0.846. The molecule has 5 nitrogen and oxygen atoms in total. The topological polar surface area (TPSA) is 57.7 Å². The summed E-state index contributed by atoms with van der Waals surface area (Å²) in [5.41, 5.74) is 0.410. The number of esters is 1. The predicted octanol–water partition coefficient (Wildman–Crippen LogP) is 7.71. The van der Waals surface area contributed by atoms with E-state index in [0.717, 1.165) is 42.4 Å². The maximum absolute atomic E-state index is 11.9. The van der Waals surface area contributed by atoms with Crippen molar-refractivity contribution in [3.63, 3.8) is 0 Å². The predicted molar refractivity (Wildman–Crippen MR) is 141 cm³/mol. The fourth-order valence-electron chi connectivity index (χ4n) is 5.15. The molecule has 1 saturated heterocycles. The molecule has 2 unspecified atom stereocenters. The number of carbonyl (C=O) groups excluding carboxylic acids is 1. The molecule has 0 spiro atoms. The van der Waals surface area contributed by atoms with Crippen LogP contribution in [0.3, 0.4) is 0 Å². The van der Waals surface area contributed by atoms with Gasteiger partial charge in [-0.05, 0) is 57.3 Å². The van der Waals surface area contributed by atoms with Gasteiger partial charge in [-0.3, -0.25) is 0 Å². The second-order valence-electron chi connectivity index (χ2n) is 9.46. The standard InChI is InChI=1S/C26H42ClNO4S2/c1-3-5-6-7-8-9-12-20-19(21(27)17-23(20)32-24-13-10-11-15-31-24)14-16-33-26-28-22(18-34-26)25(29)30-4-2/h18-21,23-24H,3-17H2,1-2H3/t19-,20-,21?,23-,24?/m1/s1. The van der Waals surface area contributed by atoms with E-state index in [2.05, 4.69) is 11.9 Å². The van der Waals surface area contributed by atoms with E-state index in [1.54, 1.807) is 17.1 Å². The van der Waals surface area contributed by atoms with E-state index >= 15 is 0 Å². The highest BCUT2D eigenvalue weighted by Crippen LogP contribution is 2.44. The Morgan fingerprint density at radius 3 is 2.76 bits per heavy atom. The molecule has 0 radical (unpaired) electrons. The molecular weight excluding hydrogens is 490 g/mol. The summed E-state index contributed by atoms with van der Waals surface area (Å²) in [6, 6.07) is 0. The number of carbonyl (C=O) groups is 1. The molecule has 194 valence electrons. The highest BCUT2D eigenvalue weighted by Gasteiger charge is 2.43. The van der Waals surface area contributed by atoms with Crippen molar-refractivity contribution in [3.05, 3.63) is 11.1 Å². The lowest BCUT2D eigenvalue weighted by Gasteiger charge is -2.30. The number of alkyl halides is 1. The van der Waals surface area contributed by atoms with Gasteiger partial charge in [0.25, 0.3) is 0 Å². The third-order valence-corrected chi connectivity index (χ3v) is 9.51. The van der Waals surface area contributed by atoms with Crippen molar-refractivity contribution >= 4 is 40.7 Å². The molecule has 1 aliphatic carbocycles. The molecule has 34 heavy (non-hydrogen) atoms. The van der Waals surface area contributed by atoms with Gasteiger partial charge in [0.05, 0.1) is 12.7 Å². The van der Waals surface area contributed by atoms with Crippen molar-refractivity contribution in [2.45, 2.75) is 113 Å². The van der Waals surface area contributed by atoms with Crippen LogP contribution >= 0.6 is 34.7 Å². The molecule has 8 heteroatoms. The maximum Gasteiger partial charge on any atom is 0.357 e. The number of halogens is 1. The Labute approximate surface area is 219 Å². The lowest BCUT2D eigenvalue weighted by Crippen LogP contribution is -2.31. The summed E-state index contributed by atoms with van der Waals surface area (Å²) < 4.78 is 18.4. The molecule has 2 fully saturated rings. The Hall–Kier alpha value is -0.340. The van der Waals surface area contributed by atoms with Crippen LogP contribution in [0.15, 0.2) is 9.72 Å². The molecule has 0 bridgehead atoms. The summed E-state index contributed by atoms with van der Waals surface area (Å²) in [4.78, 5) is 16.3. The highest BCUT2D eigenvalue weighted by molar-refractivity contribution is 8.01. The van der Waals surface area contributed by atoms with Crippen molar-refractivity contribution in [2.75, 3.05) is 19.0 Å². The Morgan fingerprint density at radius 2 is 2.00 bits per heavy atom. The minimum atomic E-state index is -0.342. The van der Waals surface area contributed by atoms with Crippen LogP contribution in [0, 0.1) is 11.8 Å². The van der Waals surface area contributed by atoms with Gasteiger partial charge in [0, 0.05) is 23.1 Å². The van der Waals surface area contributed by atoms with Crippen LogP contribution in [-0.2, 0) is 14.2 Å². The fourth-order valence-corrected chi connectivity index (χ4v) is 7.54. The summed E-state index contributed by atoms with van der Waals surface area (Å²) in [6.45, 7) is 5.25. The van der Waals surface area contributed by atoms with Crippen molar-refractivity contribution < 1.29 is 19.0 Å². The minimum absolute atomic E-state index is 0.0561. The first-order valence-corrected chi connectivity index (χ1v) is 15.6. The van der Waals surface area contributed by atoms with E-state index in [0.29, 0.717) is 24.1 Å². The third kappa shape index (κ3) is 8.95. The average molecular weight is 532 g/mol. The number of unbranched alkanes of at least 4 members (excludes halogenated alkanes) is 5. The second-order valence-corrected chi connectivity index (χ2v) is 12.2. The van der Waals surface area contributed by atoms with Gasteiger partial charge < -0.3 is 14.2 Å². The number of thioether (sulfide) groups is 1. The van der Waals surface area contributed by atoms with Crippen LogP contribution in [0.1, 0.15) is 101 Å². The van der Waals surface area contributed by atoms with Crippen LogP contribution < -0.4 is 0 Å². The van der Waals surface area contributed by atoms with Crippen LogP contribution in [0.25, 0.3) is 0 Å². The molecule has 1 aliphatic heterocycles. The van der Waals surface area contributed by atoms with E-state index in [1.165, 1.54) is 62.7 Å². The zero-order valence-corrected chi connectivity index (χ0v) is 23.2. The van der Waals surface area contributed by atoms with Gasteiger partial charge in [-0.25, -0.2) is 9.78 Å². The number of ether oxygens (including phenoxy) is 3. The summed E-state index contributed by atoms with van der Waals surface area (Å²) >= 11 is 10.2. The summed E-state index contributed by atoms with van der Waals surface area (Å²) in [6.07, 6.45) is 14.5. The Balaban J connectivity index is 1.52. The van der Waals surface area contributed by atoms with Gasteiger partial charge in [-0.15, -0.1) is 22.9 Å². The second kappa shape index (κ2) is 15.7. The third-order valence-electron chi connectivity index (χ3n) is 6.95. The van der Waals surface area contributed by atoms with Crippen LogP contribution in [-0.4, -0.2) is 47.7 Å². The molecule has 5 atom stereocenters. The van der Waals surface area contributed by atoms with Crippen LogP contribution in [0.5, 0.6) is 0 Å². The van der Waals surface area contributed by atoms with Gasteiger partial charge in [0.2, 0.25) is 0 Å². The Bertz CT molecular complexity index is 713. The first kappa shape index (κ1) is 28.2. The van der Waals surface area contributed by atoms with Crippen molar-refractivity contribution in [1.29, 1.82) is 0 Å². The number of rotatable bonds is 15. The van der Waals surface area contributed by atoms with Gasteiger partial charge >= 0.3 is 5.97 Å². The first-order chi connectivity index (χ1) is 16.6. The zero-order chi connectivity index (χ0) is 24.2. The van der Waals surface area contributed by atoms with Crippen molar-refractivity contribution in [2.24, 2.45) is 11.8 Å². The van der Waals surface area contributed by atoms with Gasteiger partial charge in [0.1, 0.15) is 0 Å². The quantitative estimate of drug-likeness (QED) is 0.0999. The molecule has 2 aliphatic rings. The minimum Gasteiger partial charge on any atom is -0.461 e. The normalized spacial score (nSPS) is 27.2. The molecule has 2 heterocycles. The molecule has 3 rings (SSSR count). The van der Waals surface area contributed by atoms with E-state index < -0.39 is 0 Å². The average Bonchev–Trinajstić information content (AvgIpc) is 3.42. The summed E-state index contributed by atoms with van der Waals surface area (Å²) in [5, 5.41) is 1.93. The van der Waals surface area contributed by atoms with Crippen molar-refractivity contribution in [3.8, 4) is 0 Å². The molecule has 0 N–H and O–H groups in total. The van der Waals surface area contributed by atoms with Crippen LogP contribution in [0.2, 0.25) is 0 Å². The largest absolute Gasteiger partial charge is 0.461 e. The first-order valence-electron chi connectivity index (χ1n) is 13.3. The van der Waals surface area contributed by atoms with Gasteiger partial charge in [0.15, 0.2) is 16.3 Å². The lowest BCUT2D eigenvalue weighted by molar-refractivity contribution is -0.196. The number of aromatic nitrogens is 1.